The van der Waals surface area contributed by atoms with Crippen molar-refractivity contribution >= 4 is 42.3 Å². The summed E-state index contributed by atoms with van der Waals surface area (Å²) >= 11 is 6.08. The van der Waals surface area contributed by atoms with Gasteiger partial charge in [-0.25, -0.2) is 0 Å². The van der Waals surface area contributed by atoms with Gasteiger partial charge in [-0.2, -0.15) is 0 Å². The van der Waals surface area contributed by atoms with E-state index in [1.54, 1.807) is 14.2 Å². The summed E-state index contributed by atoms with van der Waals surface area (Å²) < 4.78 is 10.6. The first-order valence-corrected chi connectivity index (χ1v) is 8.50. The van der Waals surface area contributed by atoms with E-state index in [4.69, 9.17) is 26.8 Å². The SMILES string of the molecule is COc1ccc(Cl)cc1CN1CCN(C(=O)CC(CN)OC)CC1.Cl.Cl. The van der Waals surface area contributed by atoms with Gasteiger partial charge in [0.1, 0.15) is 5.75 Å². The second kappa shape index (κ2) is 12.6. The van der Waals surface area contributed by atoms with Gasteiger partial charge >= 0.3 is 0 Å². The molecule has 0 aliphatic carbocycles. The predicted molar refractivity (Wildman–Crippen MR) is 109 cm³/mol. The number of ether oxygens (including phenoxy) is 2. The Labute approximate surface area is 172 Å². The van der Waals surface area contributed by atoms with Gasteiger partial charge in [0.15, 0.2) is 0 Å². The topological polar surface area (TPSA) is 68.0 Å². The van der Waals surface area contributed by atoms with Crippen LogP contribution in [0.25, 0.3) is 0 Å². The van der Waals surface area contributed by atoms with Crippen LogP contribution in [-0.2, 0) is 16.1 Å². The molecule has 1 aliphatic heterocycles. The summed E-state index contributed by atoms with van der Waals surface area (Å²) in [5, 5.41) is 0.701. The van der Waals surface area contributed by atoms with Gasteiger partial charge in [-0.1, -0.05) is 11.6 Å². The molecule has 1 aromatic rings. The number of carbonyl (C=O) groups is 1. The molecule has 9 heteroatoms. The van der Waals surface area contributed by atoms with Crippen LogP contribution >= 0.6 is 36.4 Å². The van der Waals surface area contributed by atoms with Gasteiger partial charge in [0.25, 0.3) is 0 Å². The van der Waals surface area contributed by atoms with Crippen molar-refractivity contribution in [2.75, 3.05) is 46.9 Å². The van der Waals surface area contributed by atoms with Gasteiger partial charge in [0.05, 0.1) is 19.6 Å². The first-order valence-electron chi connectivity index (χ1n) is 8.12. The Kier molecular flexibility index (Phi) is 12.2. The average Bonchev–Trinajstić information content (AvgIpc) is 2.60. The zero-order chi connectivity index (χ0) is 17.5. The number of piperazine rings is 1. The molecule has 1 amide bonds. The van der Waals surface area contributed by atoms with E-state index in [1.807, 2.05) is 23.1 Å². The summed E-state index contributed by atoms with van der Waals surface area (Å²) in [6, 6.07) is 5.64. The van der Waals surface area contributed by atoms with Crippen molar-refractivity contribution in [3.8, 4) is 5.75 Å². The highest BCUT2D eigenvalue weighted by atomic mass is 35.5. The summed E-state index contributed by atoms with van der Waals surface area (Å²) in [6.45, 7) is 4.18. The third kappa shape index (κ3) is 7.10. The van der Waals surface area contributed by atoms with E-state index in [9.17, 15) is 4.79 Å². The number of hydrogen-bond acceptors (Lipinski definition) is 5. The molecular formula is C17H28Cl3N3O3. The first kappa shape index (κ1) is 25.2. The van der Waals surface area contributed by atoms with Crippen LogP contribution in [0.3, 0.4) is 0 Å². The Hall–Kier alpha value is -0.760. The number of halogens is 3. The molecule has 1 saturated heterocycles. The number of methoxy groups -OCH3 is 2. The van der Waals surface area contributed by atoms with Crippen LogP contribution in [0.15, 0.2) is 18.2 Å². The van der Waals surface area contributed by atoms with E-state index in [0.717, 1.165) is 30.9 Å². The largest absolute Gasteiger partial charge is 0.496 e. The summed E-state index contributed by atoms with van der Waals surface area (Å²) in [5.41, 5.74) is 6.64. The zero-order valence-electron chi connectivity index (χ0n) is 15.2. The van der Waals surface area contributed by atoms with Gasteiger partial charge in [-0.05, 0) is 18.2 Å². The molecule has 1 atom stereocenters. The molecule has 6 nitrogen and oxygen atoms in total. The lowest BCUT2D eigenvalue weighted by atomic mass is 10.1. The predicted octanol–water partition coefficient (Wildman–Crippen LogP) is 2.20. The third-order valence-corrected chi connectivity index (χ3v) is 4.60. The van der Waals surface area contributed by atoms with E-state index in [-0.39, 0.29) is 36.8 Å². The molecule has 0 radical (unpaired) electrons. The second-order valence-corrected chi connectivity index (χ2v) is 6.35. The highest BCUT2D eigenvalue weighted by Gasteiger charge is 2.23. The molecule has 1 unspecified atom stereocenters. The Morgan fingerprint density at radius 1 is 1.23 bits per heavy atom. The van der Waals surface area contributed by atoms with Gasteiger partial charge in [0, 0.05) is 57.0 Å². The summed E-state index contributed by atoms with van der Waals surface area (Å²) in [4.78, 5) is 16.5. The molecule has 1 aromatic carbocycles. The lowest BCUT2D eigenvalue weighted by Crippen LogP contribution is -2.49. The molecule has 1 fully saturated rings. The normalized spacial score (nSPS) is 15.6. The Bertz CT molecular complexity index is 551. The first-order chi connectivity index (χ1) is 11.6. The number of nitrogens with zero attached hydrogens (tertiary/aromatic N) is 2. The zero-order valence-corrected chi connectivity index (χ0v) is 17.5. The van der Waals surface area contributed by atoms with Crippen LogP contribution in [-0.4, -0.2) is 68.8 Å². The smallest absolute Gasteiger partial charge is 0.225 e. The van der Waals surface area contributed by atoms with Crippen molar-refractivity contribution in [3.05, 3.63) is 28.8 Å². The van der Waals surface area contributed by atoms with Gasteiger partial charge < -0.3 is 20.1 Å². The van der Waals surface area contributed by atoms with Crippen LogP contribution < -0.4 is 10.5 Å². The second-order valence-electron chi connectivity index (χ2n) is 5.91. The van der Waals surface area contributed by atoms with Crippen molar-refractivity contribution < 1.29 is 14.3 Å². The minimum Gasteiger partial charge on any atom is -0.496 e. The molecule has 0 spiro atoms. The summed E-state index contributed by atoms with van der Waals surface area (Å²) in [7, 11) is 3.24. The quantitative estimate of drug-likeness (QED) is 0.721. The number of carbonyl (C=O) groups excluding carboxylic acids is 1. The minimum atomic E-state index is -0.203. The minimum absolute atomic E-state index is 0. The van der Waals surface area contributed by atoms with Crippen molar-refractivity contribution in [2.24, 2.45) is 5.73 Å². The monoisotopic (exact) mass is 427 g/mol. The molecule has 0 bridgehead atoms. The van der Waals surface area contributed by atoms with E-state index in [2.05, 4.69) is 4.90 Å². The van der Waals surface area contributed by atoms with Crippen molar-refractivity contribution in [1.29, 1.82) is 0 Å². The summed E-state index contributed by atoms with van der Waals surface area (Å²) in [6.07, 6.45) is 0.140. The van der Waals surface area contributed by atoms with Crippen LogP contribution in [0, 0.1) is 0 Å². The number of hydrogen-bond donors (Lipinski definition) is 1. The number of benzene rings is 1. The summed E-state index contributed by atoms with van der Waals surface area (Å²) in [5.74, 6) is 0.941. The van der Waals surface area contributed by atoms with Crippen molar-refractivity contribution in [1.82, 2.24) is 9.80 Å². The maximum Gasteiger partial charge on any atom is 0.225 e. The maximum absolute atomic E-state index is 12.3. The molecule has 26 heavy (non-hydrogen) atoms. The lowest BCUT2D eigenvalue weighted by Gasteiger charge is -2.35. The van der Waals surface area contributed by atoms with E-state index in [0.29, 0.717) is 31.1 Å². The average molecular weight is 429 g/mol. The standard InChI is InChI=1S/C17H26ClN3O3.2ClH/c1-23-15(11-19)10-17(22)21-7-5-20(6-8-21)12-13-9-14(18)3-4-16(13)24-2;;/h3-4,9,15H,5-8,10-12,19H2,1-2H3;2*1H. The van der Waals surface area contributed by atoms with Crippen LogP contribution in [0.1, 0.15) is 12.0 Å². The van der Waals surface area contributed by atoms with Gasteiger partial charge in [0.2, 0.25) is 5.91 Å². The van der Waals surface area contributed by atoms with Gasteiger partial charge in [-0.15, -0.1) is 24.8 Å². The van der Waals surface area contributed by atoms with Crippen molar-refractivity contribution in [2.45, 2.75) is 19.1 Å². The Morgan fingerprint density at radius 3 is 2.42 bits per heavy atom. The Morgan fingerprint density at radius 2 is 1.88 bits per heavy atom. The maximum atomic E-state index is 12.3. The van der Waals surface area contributed by atoms with E-state index in [1.165, 1.54) is 0 Å². The molecule has 0 saturated carbocycles. The van der Waals surface area contributed by atoms with E-state index >= 15 is 0 Å². The molecular weight excluding hydrogens is 401 g/mol. The molecule has 150 valence electrons. The Balaban J connectivity index is 0.00000312. The van der Waals surface area contributed by atoms with Crippen LogP contribution in [0.2, 0.25) is 5.02 Å². The highest BCUT2D eigenvalue weighted by Crippen LogP contribution is 2.24. The number of amides is 1. The van der Waals surface area contributed by atoms with E-state index < -0.39 is 0 Å². The number of rotatable bonds is 7. The third-order valence-electron chi connectivity index (χ3n) is 4.36. The fraction of sp³-hybridized carbons (Fsp3) is 0.588. The number of nitrogens with two attached hydrogens (primary N) is 1. The van der Waals surface area contributed by atoms with Gasteiger partial charge in [-0.3, -0.25) is 9.69 Å². The molecule has 1 aliphatic rings. The van der Waals surface area contributed by atoms with Crippen LogP contribution in [0.4, 0.5) is 0 Å². The highest BCUT2D eigenvalue weighted by molar-refractivity contribution is 6.30. The molecule has 2 rings (SSSR count). The van der Waals surface area contributed by atoms with Crippen LogP contribution in [0.5, 0.6) is 5.75 Å². The molecule has 0 aromatic heterocycles. The van der Waals surface area contributed by atoms with Crippen molar-refractivity contribution in [3.63, 3.8) is 0 Å². The lowest BCUT2D eigenvalue weighted by molar-refractivity contribution is -0.135. The fourth-order valence-electron chi connectivity index (χ4n) is 2.85. The molecule has 2 N–H and O–H groups in total. The fourth-order valence-corrected chi connectivity index (χ4v) is 3.05. The molecule has 1 heterocycles.